The fraction of sp³-hybridized carbons (Fsp3) is 0.429. The lowest BCUT2D eigenvalue weighted by molar-refractivity contribution is -0.114. The maximum absolute atomic E-state index is 11.7. The molecule has 0 heterocycles. The first-order valence-corrected chi connectivity index (χ1v) is 7.28. The minimum Gasteiger partial charge on any atom is -0.462 e. The molecule has 110 valence electrons. The third kappa shape index (κ3) is 5.80. The van der Waals surface area contributed by atoms with E-state index in [9.17, 15) is 9.59 Å². The van der Waals surface area contributed by atoms with Gasteiger partial charge in [-0.05, 0) is 30.7 Å². The Morgan fingerprint density at radius 2 is 1.85 bits per heavy atom. The molecule has 1 amide bonds. The molecule has 0 unspecified atom stereocenters. The number of carbonyl (C=O) groups excluding carboxylic acids is 2. The first-order chi connectivity index (χ1) is 9.54. The Morgan fingerprint density at radius 3 is 2.40 bits per heavy atom. The maximum Gasteiger partial charge on any atom is 0.338 e. The van der Waals surface area contributed by atoms with E-state index in [1.807, 2.05) is 0 Å². The van der Waals surface area contributed by atoms with E-state index in [-0.39, 0.29) is 5.97 Å². The summed E-state index contributed by atoms with van der Waals surface area (Å²) < 4.78 is 5.12. The number of benzene rings is 1. The molecule has 0 saturated carbocycles. The fourth-order valence-corrected chi connectivity index (χ4v) is 1.60. The van der Waals surface area contributed by atoms with Gasteiger partial charge in [-0.3, -0.25) is 4.79 Å². The highest BCUT2D eigenvalue weighted by molar-refractivity contribution is 6.54. The summed E-state index contributed by atoms with van der Waals surface area (Å²) in [5.74, 6) is -0.880. The Labute approximate surface area is 128 Å². The van der Waals surface area contributed by atoms with Crippen LogP contribution in [0.4, 0.5) is 5.69 Å². The number of anilines is 1. The predicted octanol–water partition coefficient (Wildman–Crippen LogP) is 3.78. The van der Waals surface area contributed by atoms with Crippen molar-refractivity contribution in [3.8, 4) is 0 Å². The van der Waals surface area contributed by atoms with E-state index < -0.39 is 10.7 Å². The van der Waals surface area contributed by atoms with Crippen LogP contribution in [0.15, 0.2) is 24.3 Å². The average Bonchev–Trinajstić information content (AvgIpc) is 2.44. The van der Waals surface area contributed by atoms with E-state index >= 15 is 0 Å². The van der Waals surface area contributed by atoms with Crippen molar-refractivity contribution < 1.29 is 14.3 Å². The Morgan fingerprint density at radius 1 is 1.20 bits per heavy atom. The van der Waals surface area contributed by atoms with Crippen molar-refractivity contribution in [2.24, 2.45) is 0 Å². The minimum atomic E-state index is -1.13. The van der Waals surface area contributed by atoms with E-state index in [4.69, 9.17) is 27.9 Å². The number of nitrogens with one attached hydrogen (secondary N) is 1. The molecule has 0 aliphatic rings. The zero-order valence-electron chi connectivity index (χ0n) is 11.2. The third-order valence-electron chi connectivity index (χ3n) is 2.57. The summed E-state index contributed by atoms with van der Waals surface area (Å²) in [5, 5.41) is 2.51. The number of carbonyl (C=O) groups is 2. The molecule has 1 N–H and O–H groups in total. The number of ether oxygens (including phenoxy) is 1. The van der Waals surface area contributed by atoms with Crippen molar-refractivity contribution in [2.75, 3.05) is 11.9 Å². The van der Waals surface area contributed by atoms with Crippen LogP contribution in [0.25, 0.3) is 0 Å². The van der Waals surface area contributed by atoms with Crippen LogP contribution < -0.4 is 5.32 Å². The molecule has 0 radical (unpaired) electrons. The number of esters is 1. The number of amides is 1. The summed E-state index contributed by atoms with van der Waals surface area (Å²) in [5.41, 5.74) is 0.955. The molecule has 0 spiro atoms. The normalized spacial score (nSPS) is 10.4. The van der Waals surface area contributed by atoms with Gasteiger partial charge in [0.05, 0.1) is 12.2 Å². The van der Waals surface area contributed by atoms with Crippen LogP contribution in [-0.4, -0.2) is 23.3 Å². The molecule has 0 bridgehead atoms. The van der Waals surface area contributed by atoms with E-state index in [0.717, 1.165) is 19.3 Å². The lowest BCUT2D eigenvalue weighted by Crippen LogP contribution is -2.18. The van der Waals surface area contributed by atoms with Crippen molar-refractivity contribution in [3.05, 3.63) is 29.8 Å². The van der Waals surface area contributed by atoms with Crippen molar-refractivity contribution in [1.29, 1.82) is 0 Å². The summed E-state index contributed by atoms with van der Waals surface area (Å²) >= 11 is 10.8. The molecule has 1 aromatic carbocycles. The van der Waals surface area contributed by atoms with Crippen LogP contribution in [0.2, 0.25) is 0 Å². The molecule has 1 rings (SSSR count). The molecule has 0 aliphatic heterocycles. The van der Waals surface area contributed by atoms with E-state index in [1.54, 1.807) is 24.3 Å². The Bertz CT molecular complexity index is 446. The molecule has 0 aromatic heterocycles. The Hall–Kier alpha value is -1.26. The van der Waals surface area contributed by atoms with Gasteiger partial charge in [0.15, 0.2) is 4.84 Å². The van der Waals surface area contributed by atoms with Gasteiger partial charge in [-0.2, -0.15) is 0 Å². The van der Waals surface area contributed by atoms with Crippen LogP contribution >= 0.6 is 23.2 Å². The van der Waals surface area contributed by atoms with Crippen molar-refractivity contribution in [1.82, 2.24) is 0 Å². The van der Waals surface area contributed by atoms with Crippen molar-refractivity contribution >= 4 is 40.8 Å². The lowest BCUT2D eigenvalue weighted by atomic mass is 10.2. The third-order valence-corrected chi connectivity index (χ3v) is 2.96. The average molecular weight is 318 g/mol. The molecule has 6 heteroatoms. The smallest absolute Gasteiger partial charge is 0.338 e. The first-order valence-electron chi connectivity index (χ1n) is 6.40. The second-order valence-electron chi connectivity index (χ2n) is 4.21. The molecule has 0 saturated heterocycles. The zero-order chi connectivity index (χ0) is 15.0. The van der Waals surface area contributed by atoms with E-state index in [0.29, 0.717) is 17.9 Å². The van der Waals surface area contributed by atoms with E-state index in [1.165, 1.54) is 0 Å². The molecule has 0 aliphatic carbocycles. The van der Waals surface area contributed by atoms with Gasteiger partial charge in [0.1, 0.15) is 0 Å². The molecule has 0 fully saturated rings. The second kappa shape index (κ2) is 8.82. The van der Waals surface area contributed by atoms with Crippen molar-refractivity contribution in [2.45, 2.75) is 31.0 Å². The number of hydrogen-bond donors (Lipinski definition) is 1. The topological polar surface area (TPSA) is 55.4 Å². The van der Waals surface area contributed by atoms with Gasteiger partial charge in [-0.1, -0.05) is 43.0 Å². The monoisotopic (exact) mass is 317 g/mol. The van der Waals surface area contributed by atoms with Crippen LogP contribution in [-0.2, 0) is 9.53 Å². The van der Waals surface area contributed by atoms with Gasteiger partial charge < -0.3 is 10.1 Å². The Balaban J connectivity index is 2.49. The van der Waals surface area contributed by atoms with Crippen LogP contribution in [0.1, 0.15) is 36.5 Å². The number of halogens is 2. The molecule has 1 aromatic rings. The molecular formula is C14H17Cl2NO3. The lowest BCUT2D eigenvalue weighted by Gasteiger charge is -2.07. The minimum absolute atomic E-state index is 0.369. The predicted molar refractivity (Wildman–Crippen MR) is 80.4 cm³/mol. The molecular weight excluding hydrogens is 301 g/mol. The van der Waals surface area contributed by atoms with Gasteiger partial charge in [0, 0.05) is 5.69 Å². The molecule has 20 heavy (non-hydrogen) atoms. The van der Waals surface area contributed by atoms with Gasteiger partial charge in [0.2, 0.25) is 0 Å². The summed E-state index contributed by atoms with van der Waals surface area (Å²) in [6.07, 6.45) is 2.98. The number of hydrogen-bond acceptors (Lipinski definition) is 3. The van der Waals surface area contributed by atoms with Crippen LogP contribution in [0.3, 0.4) is 0 Å². The number of rotatable bonds is 7. The number of alkyl halides is 2. The standard InChI is InChI=1S/C14H17Cl2NO3/c1-2-3-4-9-20-14(19)10-5-7-11(8-6-10)17-13(18)12(15)16/h5-8,12H,2-4,9H2,1H3,(H,17,18). The quantitative estimate of drug-likeness (QED) is 0.473. The second-order valence-corrected chi connectivity index (χ2v) is 5.31. The zero-order valence-corrected chi connectivity index (χ0v) is 12.7. The van der Waals surface area contributed by atoms with E-state index in [2.05, 4.69) is 12.2 Å². The molecule has 0 atom stereocenters. The SMILES string of the molecule is CCCCCOC(=O)c1ccc(NC(=O)C(Cl)Cl)cc1. The summed E-state index contributed by atoms with van der Waals surface area (Å²) in [7, 11) is 0. The van der Waals surface area contributed by atoms with Gasteiger partial charge >= 0.3 is 5.97 Å². The summed E-state index contributed by atoms with van der Waals surface area (Å²) in [6.45, 7) is 2.51. The van der Waals surface area contributed by atoms with Crippen LogP contribution in [0.5, 0.6) is 0 Å². The van der Waals surface area contributed by atoms with Crippen molar-refractivity contribution in [3.63, 3.8) is 0 Å². The highest BCUT2D eigenvalue weighted by Crippen LogP contribution is 2.13. The van der Waals surface area contributed by atoms with Gasteiger partial charge in [-0.15, -0.1) is 0 Å². The molecule has 4 nitrogen and oxygen atoms in total. The van der Waals surface area contributed by atoms with Gasteiger partial charge in [-0.25, -0.2) is 4.79 Å². The maximum atomic E-state index is 11.7. The highest BCUT2D eigenvalue weighted by atomic mass is 35.5. The summed E-state index contributed by atoms with van der Waals surface area (Å²) in [4.78, 5) is 21.8. The highest BCUT2D eigenvalue weighted by Gasteiger charge is 2.12. The van der Waals surface area contributed by atoms with Crippen LogP contribution in [0, 0.1) is 0 Å². The fourth-order valence-electron chi connectivity index (χ4n) is 1.49. The largest absolute Gasteiger partial charge is 0.462 e. The first kappa shape index (κ1) is 16.8. The Kier molecular flexibility index (Phi) is 7.41. The summed E-state index contributed by atoms with van der Waals surface area (Å²) in [6, 6.07) is 6.35. The number of unbranched alkanes of at least 4 members (excludes halogenated alkanes) is 2. The van der Waals surface area contributed by atoms with Gasteiger partial charge in [0.25, 0.3) is 5.91 Å².